The van der Waals surface area contributed by atoms with Crippen molar-refractivity contribution >= 4 is 0 Å². The van der Waals surface area contributed by atoms with E-state index < -0.39 is 0 Å². The van der Waals surface area contributed by atoms with Crippen molar-refractivity contribution in [3.8, 4) is 0 Å². The molecule has 1 nitrogen and oxygen atoms in total. The van der Waals surface area contributed by atoms with E-state index in [4.69, 9.17) is 0 Å². The maximum Gasteiger partial charge on any atom is 0.0493 e. The van der Waals surface area contributed by atoms with Gasteiger partial charge in [0.25, 0.3) is 0 Å². The van der Waals surface area contributed by atoms with Crippen molar-refractivity contribution in [3.63, 3.8) is 0 Å². The van der Waals surface area contributed by atoms with Gasteiger partial charge in [-0.1, -0.05) is 26.0 Å². The van der Waals surface area contributed by atoms with Crippen molar-refractivity contribution in [3.05, 3.63) is 12.2 Å². The van der Waals surface area contributed by atoms with Crippen LogP contribution in [0.15, 0.2) is 12.2 Å². The molecule has 1 fully saturated rings. The molecule has 2 rings (SSSR count). The topological polar surface area (TPSA) is 20.2 Å². The molecule has 74 valence electrons. The summed E-state index contributed by atoms with van der Waals surface area (Å²) in [4.78, 5) is 0. The zero-order valence-electron chi connectivity index (χ0n) is 8.71. The Morgan fingerprint density at radius 3 is 2.85 bits per heavy atom. The van der Waals surface area contributed by atoms with Crippen LogP contribution >= 0.6 is 0 Å². The maximum atomic E-state index is 9.55. The van der Waals surface area contributed by atoms with Crippen LogP contribution in [0, 0.1) is 16.7 Å². The quantitative estimate of drug-likeness (QED) is 0.615. The largest absolute Gasteiger partial charge is 0.396 e. The monoisotopic (exact) mass is 180 g/mol. The smallest absolute Gasteiger partial charge is 0.0493 e. The Balaban J connectivity index is 2.27. The molecule has 0 aromatic heterocycles. The van der Waals surface area contributed by atoms with Crippen molar-refractivity contribution in [1.29, 1.82) is 0 Å². The van der Waals surface area contributed by atoms with Crippen molar-refractivity contribution in [2.75, 3.05) is 6.61 Å². The molecular weight excluding hydrogens is 160 g/mol. The lowest BCUT2D eigenvalue weighted by Crippen LogP contribution is -2.30. The fraction of sp³-hybridized carbons (Fsp3) is 0.833. The molecule has 0 radical (unpaired) electrons. The molecule has 0 aromatic carbocycles. The van der Waals surface area contributed by atoms with Crippen LogP contribution in [-0.2, 0) is 0 Å². The number of aliphatic hydroxyl groups excluding tert-OH is 1. The standard InChI is InChI=1S/C12H20O/c1-11(2)7-10-5-3-4-6-12(10,8-11)9-13/h3,5,10,13H,4,6-9H2,1-2H3/t10-,12+/m0/s1. The van der Waals surface area contributed by atoms with E-state index in [-0.39, 0.29) is 5.41 Å². The first-order chi connectivity index (χ1) is 6.08. The van der Waals surface area contributed by atoms with E-state index in [1.165, 1.54) is 19.3 Å². The third-order valence-corrected chi connectivity index (χ3v) is 3.88. The number of aliphatic hydroxyl groups is 1. The molecule has 0 spiro atoms. The van der Waals surface area contributed by atoms with Gasteiger partial charge in [-0.15, -0.1) is 0 Å². The van der Waals surface area contributed by atoms with E-state index in [0.29, 0.717) is 17.9 Å². The second-order valence-electron chi connectivity index (χ2n) is 5.64. The summed E-state index contributed by atoms with van der Waals surface area (Å²) in [6.45, 7) is 5.04. The first-order valence-corrected chi connectivity index (χ1v) is 5.36. The molecule has 0 saturated heterocycles. The van der Waals surface area contributed by atoms with Crippen LogP contribution < -0.4 is 0 Å². The molecule has 2 aliphatic rings. The van der Waals surface area contributed by atoms with Gasteiger partial charge in [0.1, 0.15) is 0 Å². The minimum Gasteiger partial charge on any atom is -0.396 e. The summed E-state index contributed by atoms with van der Waals surface area (Å²) in [5.74, 6) is 0.640. The Morgan fingerprint density at radius 2 is 2.23 bits per heavy atom. The summed E-state index contributed by atoms with van der Waals surface area (Å²) in [6.07, 6.45) is 9.44. The SMILES string of the molecule is CC1(C)C[C@@H]2C=CCC[C@]2(CO)C1. The van der Waals surface area contributed by atoms with Gasteiger partial charge in [0.2, 0.25) is 0 Å². The van der Waals surface area contributed by atoms with Crippen LogP contribution in [0.25, 0.3) is 0 Å². The van der Waals surface area contributed by atoms with E-state index in [0.717, 1.165) is 6.42 Å². The van der Waals surface area contributed by atoms with Gasteiger partial charge in [-0.3, -0.25) is 0 Å². The Hall–Kier alpha value is -0.300. The third-order valence-electron chi connectivity index (χ3n) is 3.88. The van der Waals surface area contributed by atoms with E-state index in [2.05, 4.69) is 26.0 Å². The van der Waals surface area contributed by atoms with Gasteiger partial charge in [0.05, 0.1) is 0 Å². The predicted molar refractivity (Wildman–Crippen MR) is 54.4 cm³/mol. The molecule has 0 bridgehead atoms. The molecule has 1 heteroatoms. The lowest BCUT2D eigenvalue weighted by atomic mass is 9.71. The molecule has 0 aromatic rings. The van der Waals surface area contributed by atoms with Crippen LogP contribution in [0.1, 0.15) is 39.5 Å². The first-order valence-electron chi connectivity index (χ1n) is 5.36. The van der Waals surface area contributed by atoms with Gasteiger partial charge in [0.15, 0.2) is 0 Å². The van der Waals surface area contributed by atoms with E-state index in [1.807, 2.05) is 0 Å². The number of fused-ring (bicyclic) bond motifs is 1. The minimum absolute atomic E-state index is 0.234. The Morgan fingerprint density at radius 1 is 1.46 bits per heavy atom. The van der Waals surface area contributed by atoms with Gasteiger partial charge in [-0.05, 0) is 37.0 Å². The number of hydrogen-bond acceptors (Lipinski definition) is 1. The number of allylic oxidation sites excluding steroid dienone is 2. The Bertz CT molecular complexity index is 229. The van der Waals surface area contributed by atoms with Gasteiger partial charge < -0.3 is 5.11 Å². The summed E-state index contributed by atoms with van der Waals surface area (Å²) in [5.41, 5.74) is 0.667. The van der Waals surface area contributed by atoms with E-state index in [9.17, 15) is 5.11 Å². The summed E-state index contributed by atoms with van der Waals surface area (Å²) in [7, 11) is 0. The highest BCUT2D eigenvalue weighted by Gasteiger charge is 2.49. The Labute approximate surface area is 80.8 Å². The molecule has 13 heavy (non-hydrogen) atoms. The molecule has 1 saturated carbocycles. The molecule has 2 atom stereocenters. The van der Waals surface area contributed by atoms with Crippen LogP contribution in [0.5, 0.6) is 0 Å². The summed E-state index contributed by atoms with van der Waals surface area (Å²) >= 11 is 0. The maximum absolute atomic E-state index is 9.55. The van der Waals surface area contributed by atoms with Crippen molar-refractivity contribution < 1.29 is 5.11 Å². The third kappa shape index (κ3) is 1.43. The highest BCUT2D eigenvalue weighted by molar-refractivity contribution is 5.11. The van der Waals surface area contributed by atoms with Crippen molar-refractivity contribution in [2.24, 2.45) is 16.7 Å². The predicted octanol–water partition coefficient (Wildman–Crippen LogP) is 2.75. The van der Waals surface area contributed by atoms with Gasteiger partial charge in [0, 0.05) is 12.0 Å². The average Bonchev–Trinajstić information content (AvgIpc) is 2.35. The first kappa shape index (κ1) is 9.26. The zero-order chi connectivity index (χ0) is 9.53. The normalized spacial score (nSPS) is 41.9. The molecular formula is C12H20O. The molecule has 2 aliphatic carbocycles. The highest BCUT2D eigenvalue weighted by atomic mass is 16.3. The molecule has 0 heterocycles. The second-order valence-corrected chi connectivity index (χ2v) is 5.64. The molecule has 1 N–H and O–H groups in total. The highest BCUT2D eigenvalue weighted by Crippen LogP contribution is 2.56. The minimum atomic E-state index is 0.234. The Kier molecular flexibility index (Phi) is 2.03. The average molecular weight is 180 g/mol. The summed E-state index contributed by atoms with van der Waals surface area (Å²) in [6, 6.07) is 0. The molecule has 0 unspecified atom stereocenters. The molecule has 0 aliphatic heterocycles. The van der Waals surface area contributed by atoms with Crippen LogP contribution in [0.3, 0.4) is 0 Å². The van der Waals surface area contributed by atoms with Crippen LogP contribution in [-0.4, -0.2) is 11.7 Å². The van der Waals surface area contributed by atoms with E-state index in [1.54, 1.807) is 0 Å². The van der Waals surface area contributed by atoms with Crippen molar-refractivity contribution in [2.45, 2.75) is 39.5 Å². The summed E-state index contributed by atoms with van der Waals surface area (Å²) in [5, 5.41) is 9.55. The fourth-order valence-electron chi connectivity index (χ4n) is 3.40. The number of rotatable bonds is 1. The van der Waals surface area contributed by atoms with Gasteiger partial charge in [-0.2, -0.15) is 0 Å². The van der Waals surface area contributed by atoms with Gasteiger partial charge in [-0.25, -0.2) is 0 Å². The molecule has 0 amide bonds. The lowest BCUT2D eigenvalue weighted by Gasteiger charge is -2.35. The van der Waals surface area contributed by atoms with Crippen LogP contribution in [0.2, 0.25) is 0 Å². The lowest BCUT2D eigenvalue weighted by molar-refractivity contribution is 0.0819. The zero-order valence-corrected chi connectivity index (χ0v) is 8.71. The van der Waals surface area contributed by atoms with E-state index >= 15 is 0 Å². The van der Waals surface area contributed by atoms with Crippen LogP contribution in [0.4, 0.5) is 0 Å². The summed E-state index contributed by atoms with van der Waals surface area (Å²) < 4.78 is 0. The fourth-order valence-corrected chi connectivity index (χ4v) is 3.40. The van der Waals surface area contributed by atoms with Crippen molar-refractivity contribution in [1.82, 2.24) is 0 Å². The second kappa shape index (κ2) is 2.84. The van der Waals surface area contributed by atoms with Gasteiger partial charge >= 0.3 is 0 Å². The number of hydrogen-bond donors (Lipinski definition) is 1.